The maximum Gasteiger partial charge on any atom is 0.352 e. The highest BCUT2D eigenvalue weighted by atomic mass is 16.2. The second kappa shape index (κ2) is 2.47. The first-order valence-corrected chi connectivity index (χ1v) is 3.80. The summed E-state index contributed by atoms with van der Waals surface area (Å²) >= 11 is 0. The van der Waals surface area contributed by atoms with Gasteiger partial charge in [-0.25, -0.2) is 9.59 Å². The third-order valence-electron chi connectivity index (χ3n) is 2.02. The Labute approximate surface area is 78.7 Å². The highest BCUT2D eigenvalue weighted by molar-refractivity contribution is 6.72. The lowest BCUT2D eigenvalue weighted by Gasteiger charge is -2.19. The van der Waals surface area contributed by atoms with Crippen molar-refractivity contribution in [1.29, 1.82) is 0 Å². The predicted octanol–water partition coefficient (Wildman–Crippen LogP) is -0.517. The van der Waals surface area contributed by atoms with Gasteiger partial charge in [-0.1, -0.05) is 0 Å². The molecule has 2 heterocycles. The Morgan fingerprint density at radius 1 is 0.929 bits per heavy atom. The van der Waals surface area contributed by atoms with E-state index in [1.807, 2.05) is 0 Å². The molecule has 2 aliphatic heterocycles. The molecular weight excluding hydrogens is 188 g/mol. The molecule has 72 valence electrons. The molecule has 0 aromatic carbocycles. The molecule has 0 aromatic heterocycles. The normalized spacial score (nSPS) is 21.1. The molecule has 0 unspecified atom stereocenters. The molecule has 2 rings (SSSR count). The first kappa shape index (κ1) is 8.54. The Kier molecular flexibility index (Phi) is 1.51. The summed E-state index contributed by atoms with van der Waals surface area (Å²) < 4.78 is 0. The van der Waals surface area contributed by atoms with Gasteiger partial charge in [0.05, 0.1) is 0 Å². The summed E-state index contributed by atoms with van der Waals surface area (Å²) in [4.78, 5) is 42.6. The Hall–Kier alpha value is -2.05. The Balaban J connectivity index is 2.57. The van der Waals surface area contributed by atoms with E-state index >= 15 is 0 Å². The molecule has 7 nitrogen and oxygen atoms in total. The van der Waals surface area contributed by atoms with E-state index in [-0.39, 0.29) is 11.5 Å². The zero-order chi connectivity index (χ0) is 10.5. The van der Waals surface area contributed by atoms with Crippen LogP contribution in [0.4, 0.5) is 9.59 Å². The van der Waals surface area contributed by atoms with Crippen molar-refractivity contribution in [2.45, 2.75) is 0 Å². The van der Waals surface area contributed by atoms with E-state index in [1.54, 1.807) is 0 Å². The highest BCUT2D eigenvalue weighted by Gasteiger charge is 2.40. The molecule has 0 aliphatic carbocycles. The third kappa shape index (κ3) is 0.889. The van der Waals surface area contributed by atoms with E-state index in [1.165, 1.54) is 14.1 Å². The summed E-state index contributed by atoms with van der Waals surface area (Å²) in [5.74, 6) is -0.569. The summed E-state index contributed by atoms with van der Waals surface area (Å²) in [6.45, 7) is 0. The molecule has 0 bridgehead atoms. The van der Waals surface area contributed by atoms with Gasteiger partial charge in [0.1, 0.15) is 0 Å². The fraction of sp³-hybridized carbons (Fsp3) is 0.286. The number of amidine groups is 1. The van der Waals surface area contributed by atoms with Crippen molar-refractivity contribution in [3.05, 3.63) is 0 Å². The minimum Gasteiger partial charge on any atom is -0.278 e. The lowest BCUT2D eigenvalue weighted by Crippen LogP contribution is -2.46. The second-order valence-corrected chi connectivity index (χ2v) is 2.88. The van der Waals surface area contributed by atoms with Crippen molar-refractivity contribution in [3.63, 3.8) is 0 Å². The number of rotatable bonds is 0. The van der Waals surface area contributed by atoms with Gasteiger partial charge in [0.15, 0.2) is 11.5 Å². The molecule has 5 amide bonds. The van der Waals surface area contributed by atoms with Gasteiger partial charge in [-0.05, 0) is 0 Å². The molecule has 0 aromatic rings. The number of hydrogen-bond donors (Lipinski definition) is 0. The van der Waals surface area contributed by atoms with E-state index < -0.39 is 18.0 Å². The molecule has 0 N–H and O–H groups in total. The van der Waals surface area contributed by atoms with Gasteiger partial charge < -0.3 is 0 Å². The van der Waals surface area contributed by atoms with Crippen LogP contribution in [-0.2, 0) is 4.79 Å². The van der Waals surface area contributed by atoms with E-state index in [0.717, 1.165) is 9.80 Å². The fourth-order valence-electron chi connectivity index (χ4n) is 1.15. The predicted molar refractivity (Wildman–Crippen MR) is 46.2 cm³/mol. The van der Waals surface area contributed by atoms with Crippen LogP contribution >= 0.6 is 0 Å². The zero-order valence-corrected chi connectivity index (χ0v) is 7.51. The van der Waals surface area contributed by atoms with Crippen molar-refractivity contribution in [1.82, 2.24) is 9.80 Å². The Morgan fingerprint density at radius 2 is 1.50 bits per heavy atom. The molecule has 2 aliphatic rings. The van der Waals surface area contributed by atoms with Crippen LogP contribution in [0.1, 0.15) is 0 Å². The molecule has 0 atom stereocenters. The number of aliphatic imine (C=N–C) groups is 2. The van der Waals surface area contributed by atoms with Gasteiger partial charge in [-0.15, -0.1) is 0 Å². The first-order valence-electron chi connectivity index (χ1n) is 3.80. The molecule has 0 saturated carbocycles. The highest BCUT2D eigenvalue weighted by Crippen LogP contribution is 2.12. The number of carbonyl (C=O) groups excluding carboxylic acids is 3. The minimum atomic E-state index is -0.689. The molecule has 0 spiro atoms. The fourth-order valence-corrected chi connectivity index (χ4v) is 1.15. The number of imide groups is 1. The number of hydrogen-bond acceptors (Lipinski definition) is 3. The van der Waals surface area contributed by atoms with E-state index in [0.29, 0.717) is 0 Å². The van der Waals surface area contributed by atoms with Crippen molar-refractivity contribution >= 4 is 29.5 Å². The van der Waals surface area contributed by atoms with Crippen molar-refractivity contribution in [2.75, 3.05) is 14.1 Å². The van der Waals surface area contributed by atoms with E-state index in [4.69, 9.17) is 0 Å². The van der Waals surface area contributed by atoms with Crippen LogP contribution in [0.2, 0.25) is 0 Å². The monoisotopic (exact) mass is 194 g/mol. The molecule has 0 radical (unpaired) electrons. The standard InChI is InChI=1S/C7H6N4O3/c1-10-4-3(8-6(10)13)5(12)11(2)7(14)9-4/h1-2H3. The number of urea groups is 2. The molecular formula is C7H6N4O3. The zero-order valence-electron chi connectivity index (χ0n) is 7.51. The summed E-state index contributed by atoms with van der Waals surface area (Å²) in [6, 6.07) is -1.28. The van der Waals surface area contributed by atoms with Gasteiger partial charge >= 0.3 is 12.1 Å². The average molecular weight is 194 g/mol. The minimum absolute atomic E-state index is 0.0306. The van der Waals surface area contributed by atoms with Gasteiger partial charge in [0.2, 0.25) is 0 Å². The largest absolute Gasteiger partial charge is 0.352 e. The smallest absolute Gasteiger partial charge is 0.278 e. The number of amides is 5. The first-order chi connectivity index (χ1) is 6.52. The van der Waals surface area contributed by atoms with Gasteiger partial charge in [0.25, 0.3) is 5.91 Å². The number of carbonyl (C=O) groups is 3. The van der Waals surface area contributed by atoms with Crippen LogP contribution in [0.3, 0.4) is 0 Å². The van der Waals surface area contributed by atoms with Crippen LogP contribution < -0.4 is 0 Å². The average Bonchev–Trinajstić information content (AvgIpc) is 2.42. The number of nitrogens with zero attached hydrogens (tertiary/aromatic N) is 4. The lowest BCUT2D eigenvalue weighted by atomic mass is 10.2. The SMILES string of the molecule is CN1C(=O)N=C2C(=NC(=O)N2C)C1=O. The van der Waals surface area contributed by atoms with Gasteiger partial charge in [0, 0.05) is 14.1 Å². The van der Waals surface area contributed by atoms with Crippen molar-refractivity contribution < 1.29 is 14.4 Å². The molecule has 14 heavy (non-hydrogen) atoms. The second-order valence-electron chi connectivity index (χ2n) is 2.88. The summed E-state index contributed by atoms with van der Waals surface area (Å²) in [5, 5.41) is 0. The van der Waals surface area contributed by atoms with Crippen molar-refractivity contribution in [3.8, 4) is 0 Å². The van der Waals surface area contributed by atoms with Crippen molar-refractivity contribution in [2.24, 2.45) is 9.98 Å². The van der Waals surface area contributed by atoms with Crippen LogP contribution in [0.5, 0.6) is 0 Å². The summed E-state index contributed by atoms with van der Waals surface area (Å²) in [7, 11) is 2.69. The van der Waals surface area contributed by atoms with Crippen LogP contribution in [0.25, 0.3) is 0 Å². The Morgan fingerprint density at radius 3 is 2.14 bits per heavy atom. The van der Waals surface area contributed by atoms with E-state index in [9.17, 15) is 14.4 Å². The molecule has 0 saturated heterocycles. The van der Waals surface area contributed by atoms with E-state index in [2.05, 4.69) is 9.98 Å². The lowest BCUT2D eigenvalue weighted by molar-refractivity contribution is -0.120. The van der Waals surface area contributed by atoms with Gasteiger partial charge in [-0.2, -0.15) is 9.98 Å². The quantitative estimate of drug-likeness (QED) is 0.520. The van der Waals surface area contributed by atoms with Crippen LogP contribution in [0.15, 0.2) is 9.98 Å². The summed E-state index contributed by atoms with van der Waals surface area (Å²) in [5.41, 5.74) is -0.0698. The number of fused-ring (bicyclic) bond motifs is 1. The molecule has 0 fully saturated rings. The topological polar surface area (TPSA) is 82.4 Å². The Bertz CT molecular complexity index is 423. The van der Waals surface area contributed by atoms with Gasteiger partial charge in [-0.3, -0.25) is 14.6 Å². The maximum atomic E-state index is 11.4. The maximum absolute atomic E-state index is 11.4. The van der Waals surface area contributed by atoms with Crippen LogP contribution in [-0.4, -0.2) is 53.4 Å². The third-order valence-corrected chi connectivity index (χ3v) is 2.02. The van der Waals surface area contributed by atoms with Crippen LogP contribution in [0, 0.1) is 0 Å². The molecule has 7 heteroatoms. The summed E-state index contributed by atoms with van der Waals surface area (Å²) in [6.07, 6.45) is 0.